The van der Waals surface area contributed by atoms with Crippen molar-refractivity contribution in [1.29, 1.82) is 0 Å². The molecular formula is C23H32N6O3. The summed E-state index contributed by atoms with van der Waals surface area (Å²) in [4.78, 5) is 35.3. The molecule has 0 spiro atoms. The molecule has 1 fully saturated rings. The zero-order chi connectivity index (χ0) is 23.1. The summed E-state index contributed by atoms with van der Waals surface area (Å²) in [5, 5.41) is 6.09. The highest BCUT2D eigenvalue weighted by molar-refractivity contribution is 5.95. The second kappa shape index (κ2) is 10.4. The van der Waals surface area contributed by atoms with Gasteiger partial charge in [0.15, 0.2) is 0 Å². The molecule has 4 N–H and O–H groups in total. The van der Waals surface area contributed by atoms with E-state index in [9.17, 15) is 9.59 Å². The standard InChI is InChI=1S/C23H32N6O3/c1-23(2,3)32-21(31)19(24)15-27-20(30)16-6-4-7-18(14-16)29-12-8-17(9-13-29)28-22-25-10-5-11-26-22/h4-7,10-11,14,17,19H,8-9,12-13,15,24H2,1-3H3,(H,27,30)(H,25,26,28)/t19-/m0/s1. The van der Waals surface area contributed by atoms with Gasteiger partial charge in [-0.3, -0.25) is 9.59 Å². The summed E-state index contributed by atoms with van der Waals surface area (Å²) in [5.41, 5.74) is 6.75. The van der Waals surface area contributed by atoms with Crippen molar-refractivity contribution in [1.82, 2.24) is 15.3 Å². The van der Waals surface area contributed by atoms with E-state index < -0.39 is 17.6 Å². The van der Waals surface area contributed by atoms with Crippen LogP contribution in [-0.2, 0) is 9.53 Å². The Labute approximate surface area is 188 Å². The van der Waals surface area contributed by atoms with Crippen molar-refractivity contribution < 1.29 is 14.3 Å². The van der Waals surface area contributed by atoms with Gasteiger partial charge in [-0.25, -0.2) is 9.97 Å². The molecule has 172 valence electrons. The molecule has 1 saturated heterocycles. The summed E-state index contributed by atoms with van der Waals surface area (Å²) >= 11 is 0. The molecule has 0 unspecified atom stereocenters. The molecule has 1 aromatic heterocycles. The SMILES string of the molecule is CC(C)(C)OC(=O)[C@@H](N)CNC(=O)c1cccc(N2CCC(Nc3ncccn3)CC2)c1. The third-order valence-electron chi connectivity index (χ3n) is 5.06. The second-order valence-electron chi connectivity index (χ2n) is 8.88. The van der Waals surface area contributed by atoms with Crippen LogP contribution < -0.4 is 21.3 Å². The van der Waals surface area contributed by atoms with Crippen molar-refractivity contribution in [2.24, 2.45) is 5.73 Å². The van der Waals surface area contributed by atoms with Crippen molar-refractivity contribution in [2.75, 3.05) is 29.9 Å². The summed E-state index contributed by atoms with van der Waals surface area (Å²) in [6.45, 7) is 7.05. The van der Waals surface area contributed by atoms with Crippen LogP contribution in [0.1, 0.15) is 44.0 Å². The van der Waals surface area contributed by atoms with E-state index >= 15 is 0 Å². The Balaban J connectivity index is 1.50. The van der Waals surface area contributed by atoms with E-state index in [-0.39, 0.29) is 12.5 Å². The van der Waals surface area contributed by atoms with E-state index in [2.05, 4.69) is 25.5 Å². The van der Waals surface area contributed by atoms with Crippen LogP contribution in [0.15, 0.2) is 42.7 Å². The number of hydrogen-bond acceptors (Lipinski definition) is 8. The van der Waals surface area contributed by atoms with Gasteiger partial charge in [0.1, 0.15) is 11.6 Å². The summed E-state index contributed by atoms with van der Waals surface area (Å²) in [6.07, 6.45) is 5.33. The van der Waals surface area contributed by atoms with Crippen LogP contribution in [-0.4, -0.2) is 59.2 Å². The molecule has 3 rings (SSSR count). The van der Waals surface area contributed by atoms with Crippen LogP contribution in [0.5, 0.6) is 0 Å². The molecule has 1 atom stereocenters. The molecular weight excluding hydrogens is 408 g/mol. The number of anilines is 2. The van der Waals surface area contributed by atoms with Crippen LogP contribution in [0.3, 0.4) is 0 Å². The number of aromatic nitrogens is 2. The highest BCUT2D eigenvalue weighted by Crippen LogP contribution is 2.22. The lowest BCUT2D eigenvalue weighted by Gasteiger charge is -2.34. The quantitative estimate of drug-likeness (QED) is 0.559. The van der Waals surface area contributed by atoms with Gasteiger partial charge in [0, 0.05) is 49.3 Å². The Morgan fingerprint density at radius 3 is 2.53 bits per heavy atom. The van der Waals surface area contributed by atoms with Gasteiger partial charge in [-0.1, -0.05) is 6.07 Å². The van der Waals surface area contributed by atoms with E-state index in [0.717, 1.165) is 31.6 Å². The van der Waals surface area contributed by atoms with Gasteiger partial charge in [0.05, 0.1) is 0 Å². The molecule has 2 aromatic rings. The number of carbonyl (C=O) groups is 2. The molecule has 9 heteroatoms. The third-order valence-corrected chi connectivity index (χ3v) is 5.06. The molecule has 1 amide bonds. The first kappa shape index (κ1) is 23.5. The Morgan fingerprint density at radius 1 is 1.19 bits per heavy atom. The molecule has 2 heterocycles. The molecule has 1 aliphatic heterocycles. The Hall–Kier alpha value is -3.20. The van der Waals surface area contributed by atoms with E-state index in [1.54, 1.807) is 45.3 Å². The predicted octanol–water partition coefficient (Wildman–Crippen LogP) is 1.96. The molecule has 0 bridgehead atoms. The molecule has 32 heavy (non-hydrogen) atoms. The van der Waals surface area contributed by atoms with Crippen LogP contribution in [0, 0.1) is 0 Å². The number of amides is 1. The van der Waals surface area contributed by atoms with Crippen LogP contribution in [0.4, 0.5) is 11.6 Å². The number of esters is 1. The fourth-order valence-corrected chi connectivity index (χ4v) is 3.45. The first-order chi connectivity index (χ1) is 15.2. The number of nitrogens with two attached hydrogens (primary N) is 1. The van der Waals surface area contributed by atoms with Crippen LogP contribution in [0.2, 0.25) is 0 Å². The van der Waals surface area contributed by atoms with E-state index in [1.807, 2.05) is 18.2 Å². The van der Waals surface area contributed by atoms with Gasteiger partial charge in [-0.05, 0) is 57.9 Å². The van der Waals surface area contributed by atoms with Gasteiger partial charge in [-0.2, -0.15) is 0 Å². The van der Waals surface area contributed by atoms with E-state index in [0.29, 0.717) is 17.6 Å². The topological polar surface area (TPSA) is 122 Å². The summed E-state index contributed by atoms with van der Waals surface area (Å²) in [5.74, 6) is -0.165. The fourth-order valence-electron chi connectivity index (χ4n) is 3.45. The average molecular weight is 441 g/mol. The van der Waals surface area contributed by atoms with Crippen molar-refractivity contribution in [3.05, 3.63) is 48.3 Å². The molecule has 9 nitrogen and oxygen atoms in total. The second-order valence-corrected chi connectivity index (χ2v) is 8.88. The van der Waals surface area contributed by atoms with Crippen molar-refractivity contribution in [3.8, 4) is 0 Å². The summed E-state index contributed by atoms with van der Waals surface area (Å²) in [7, 11) is 0. The number of piperidine rings is 1. The maximum atomic E-state index is 12.6. The zero-order valence-corrected chi connectivity index (χ0v) is 18.9. The largest absolute Gasteiger partial charge is 0.459 e. The van der Waals surface area contributed by atoms with Gasteiger partial charge < -0.3 is 26.0 Å². The molecule has 1 aromatic carbocycles. The number of carbonyl (C=O) groups excluding carboxylic acids is 2. The van der Waals surface area contributed by atoms with Gasteiger partial charge in [0.2, 0.25) is 5.95 Å². The first-order valence-corrected chi connectivity index (χ1v) is 10.9. The zero-order valence-electron chi connectivity index (χ0n) is 18.9. The maximum Gasteiger partial charge on any atom is 0.325 e. The Morgan fingerprint density at radius 2 is 1.88 bits per heavy atom. The molecule has 0 radical (unpaired) electrons. The predicted molar refractivity (Wildman–Crippen MR) is 123 cm³/mol. The van der Waals surface area contributed by atoms with Crippen molar-refractivity contribution in [3.63, 3.8) is 0 Å². The fraction of sp³-hybridized carbons (Fsp3) is 0.478. The highest BCUT2D eigenvalue weighted by atomic mass is 16.6. The van der Waals surface area contributed by atoms with E-state index in [4.69, 9.17) is 10.5 Å². The maximum absolute atomic E-state index is 12.6. The lowest BCUT2D eigenvalue weighted by atomic mass is 10.0. The first-order valence-electron chi connectivity index (χ1n) is 10.9. The lowest BCUT2D eigenvalue weighted by Crippen LogP contribution is -2.45. The number of nitrogens with one attached hydrogen (secondary N) is 2. The molecule has 0 saturated carbocycles. The Bertz CT molecular complexity index is 907. The number of ether oxygens (including phenoxy) is 1. The van der Waals surface area contributed by atoms with Gasteiger partial charge in [0.25, 0.3) is 5.91 Å². The number of benzene rings is 1. The summed E-state index contributed by atoms with van der Waals surface area (Å²) < 4.78 is 5.25. The molecule has 0 aliphatic carbocycles. The highest BCUT2D eigenvalue weighted by Gasteiger charge is 2.23. The minimum absolute atomic E-state index is 0.0105. The summed E-state index contributed by atoms with van der Waals surface area (Å²) in [6, 6.07) is 8.66. The molecule has 1 aliphatic rings. The number of rotatable bonds is 7. The van der Waals surface area contributed by atoms with Crippen LogP contribution >= 0.6 is 0 Å². The van der Waals surface area contributed by atoms with Crippen molar-refractivity contribution >= 4 is 23.5 Å². The Kier molecular flexibility index (Phi) is 7.63. The van der Waals surface area contributed by atoms with Gasteiger partial charge >= 0.3 is 5.97 Å². The monoisotopic (exact) mass is 440 g/mol. The van der Waals surface area contributed by atoms with Crippen LogP contribution in [0.25, 0.3) is 0 Å². The van der Waals surface area contributed by atoms with Crippen molar-refractivity contribution in [2.45, 2.75) is 51.3 Å². The minimum atomic E-state index is -0.915. The number of hydrogen-bond donors (Lipinski definition) is 3. The van der Waals surface area contributed by atoms with E-state index in [1.165, 1.54) is 0 Å². The minimum Gasteiger partial charge on any atom is -0.459 e. The number of nitrogens with zero attached hydrogens (tertiary/aromatic N) is 3. The average Bonchev–Trinajstić information content (AvgIpc) is 2.77. The smallest absolute Gasteiger partial charge is 0.325 e. The lowest BCUT2D eigenvalue weighted by molar-refractivity contribution is -0.156. The normalized spacial score (nSPS) is 15.7. The van der Waals surface area contributed by atoms with Gasteiger partial charge in [-0.15, -0.1) is 0 Å². The third kappa shape index (κ3) is 6.91.